The van der Waals surface area contributed by atoms with E-state index in [1.165, 1.54) is 11.8 Å². The van der Waals surface area contributed by atoms with Gasteiger partial charge >= 0.3 is 0 Å². The lowest BCUT2D eigenvalue weighted by Crippen LogP contribution is -2.23. The third kappa shape index (κ3) is 3.87. The first-order chi connectivity index (χ1) is 15.6. The van der Waals surface area contributed by atoms with Crippen LogP contribution in [-0.2, 0) is 12.3 Å². The summed E-state index contributed by atoms with van der Waals surface area (Å²) in [5.41, 5.74) is 3.50. The lowest BCUT2D eigenvalue weighted by atomic mass is 10.1. The van der Waals surface area contributed by atoms with Gasteiger partial charge in [0.15, 0.2) is 5.16 Å². The minimum atomic E-state index is -0.0908. The fourth-order valence-corrected chi connectivity index (χ4v) is 4.58. The molecule has 0 spiro atoms. The number of aromatic nitrogens is 3. The summed E-state index contributed by atoms with van der Waals surface area (Å²) in [5.74, 6) is 2.60. The third-order valence-corrected chi connectivity index (χ3v) is 6.31. The van der Waals surface area contributed by atoms with Gasteiger partial charge in [-0.25, -0.2) is 9.97 Å². The lowest BCUT2D eigenvalue weighted by molar-refractivity contribution is 0.476. The summed E-state index contributed by atoms with van der Waals surface area (Å²) in [6.45, 7) is 4.27. The van der Waals surface area contributed by atoms with E-state index in [1.54, 1.807) is 16.9 Å². The second-order valence-electron chi connectivity index (χ2n) is 7.51. The number of para-hydroxylation sites is 1. The first-order valence-corrected chi connectivity index (χ1v) is 11.3. The summed E-state index contributed by atoms with van der Waals surface area (Å²) in [4.78, 5) is 22.7. The Labute approximate surface area is 188 Å². The van der Waals surface area contributed by atoms with Crippen LogP contribution in [0.1, 0.15) is 22.8 Å². The maximum absolute atomic E-state index is 13.2. The van der Waals surface area contributed by atoms with Gasteiger partial charge in [0.05, 0.1) is 29.4 Å². The average Bonchev–Trinajstić information content (AvgIpc) is 3.44. The monoisotopic (exact) mass is 443 g/mol. The highest BCUT2D eigenvalue weighted by Crippen LogP contribution is 2.29. The van der Waals surface area contributed by atoms with Gasteiger partial charge in [0.1, 0.15) is 11.5 Å². The second kappa shape index (κ2) is 8.51. The molecule has 3 aromatic heterocycles. The van der Waals surface area contributed by atoms with Crippen molar-refractivity contribution in [3.8, 4) is 11.5 Å². The van der Waals surface area contributed by atoms with E-state index in [-0.39, 0.29) is 5.56 Å². The summed E-state index contributed by atoms with van der Waals surface area (Å²) >= 11 is 1.47. The number of aryl methyl sites for hydroxylation is 2. The number of furan rings is 1. The van der Waals surface area contributed by atoms with E-state index in [9.17, 15) is 4.79 Å². The molecule has 0 aliphatic rings. The zero-order valence-electron chi connectivity index (χ0n) is 17.7. The smallest absolute Gasteiger partial charge is 0.262 e. The zero-order chi connectivity index (χ0) is 22.1. The van der Waals surface area contributed by atoms with Gasteiger partial charge in [-0.15, -0.1) is 0 Å². The van der Waals surface area contributed by atoms with E-state index in [0.717, 1.165) is 22.6 Å². The molecule has 160 valence electrons. The number of benzene rings is 2. The molecule has 2 aromatic carbocycles. The van der Waals surface area contributed by atoms with Crippen LogP contribution in [0, 0.1) is 13.8 Å². The number of nitrogens with zero attached hydrogens (tertiary/aromatic N) is 3. The number of hydrogen-bond donors (Lipinski definition) is 0. The Morgan fingerprint density at radius 3 is 2.59 bits per heavy atom. The predicted octanol–water partition coefficient (Wildman–Crippen LogP) is 5.60. The van der Waals surface area contributed by atoms with Gasteiger partial charge in [-0.2, -0.15) is 0 Å². The van der Waals surface area contributed by atoms with Crippen LogP contribution >= 0.6 is 11.8 Å². The molecule has 0 bridgehead atoms. The average molecular weight is 444 g/mol. The van der Waals surface area contributed by atoms with Crippen molar-refractivity contribution in [2.45, 2.75) is 31.3 Å². The summed E-state index contributed by atoms with van der Waals surface area (Å²) in [6, 6.07) is 19.1. The van der Waals surface area contributed by atoms with Crippen molar-refractivity contribution in [3.05, 3.63) is 100 Å². The van der Waals surface area contributed by atoms with E-state index >= 15 is 0 Å². The summed E-state index contributed by atoms with van der Waals surface area (Å²) in [6.07, 6.45) is 1.60. The van der Waals surface area contributed by atoms with E-state index in [2.05, 4.69) is 0 Å². The molecule has 0 aliphatic carbocycles. The molecule has 0 saturated carbocycles. The van der Waals surface area contributed by atoms with E-state index in [4.69, 9.17) is 18.8 Å². The van der Waals surface area contributed by atoms with Gasteiger partial charge in [-0.3, -0.25) is 9.36 Å². The molecule has 5 rings (SSSR count). The van der Waals surface area contributed by atoms with Crippen molar-refractivity contribution in [2.75, 3.05) is 0 Å². The van der Waals surface area contributed by atoms with Crippen molar-refractivity contribution < 1.29 is 8.83 Å². The van der Waals surface area contributed by atoms with Crippen molar-refractivity contribution in [1.29, 1.82) is 0 Å². The fraction of sp³-hybridized carbons (Fsp3) is 0.160. The summed E-state index contributed by atoms with van der Waals surface area (Å²) in [7, 11) is 0. The van der Waals surface area contributed by atoms with Crippen LogP contribution in [0.4, 0.5) is 0 Å². The minimum absolute atomic E-state index is 0.0908. The molecule has 0 amide bonds. The minimum Gasteiger partial charge on any atom is -0.467 e. The molecule has 3 heterocycles. The topological polar surface area (TPSA) is 74.1 Å². The quantitative estimate of drug-likeness (QED) is 0.251. The maximum atomic E-state index is 13.2. The van der Waals surface area contributed by atoms with Crippen molar-refractivity contribution in [1.82, 2.24) is 14.5 Å². The second-order valence-corrected chi connectivity index (χ2v) is 8.45. The Morgan fingerprint density at radius 2 is 1.78 bits per heavy atom. The largest absolute Gasteiger partial charge is 0.467 e. The van der Waals surface area contributed by atoms with Gasteiger partial charge in [0, 0.05) is 11.3 Å². The lowest BCUT2D eigenvalue weighted by Gasteiger charge is -2.11. The highest BCUT2D eigenvalue weighted by molar-refractivity contribution is 7.98. The van der Waals surface area contributed by atoms with Crippen LogP contribution in [0.5, 0.6) is 0 Å². The maximum Gasteiger partial charge on any atom is 0.262 e. The normalized spacial score (nSPS) is 11.3. The van der Waals surface area contributed by atoms with Crippen molar-refractivity contribution in [2.24, 2.45) is 0 Å². The van der Waals surface area contributed by atoms with Crippen LogP contribution in [-0.4, -0.2) is 14.5 Å². The van der Waals surface area contributed by atoms with Gasteiger partial charge in [0.2, 0.25) is 5.89 Å². The molecule has 0 unspecified atom stereocenters. The molecular weight excluding hydrogens is 422 g/mol. The van der Waals surface area contributed by atoms with Crippen LogP contribution in [0.3, 0.4) is 0 Å². The Morgan fingerprint density at radius 1 is 0.969 bits per heavy atom. The Bertz CT molecular complexity index is 1450. The number of fused-ring (bicyclic) bond motifs is 1. The standard InChI is InChI=1S/C25H21N3O3S/c1-16-8-3-4-10-19(16)23-26-22(17(2)31-23)15-32-25-27-21-12-6-5-11-20(21)24(29)28(25)14-18-9-7-13-30-18/h3-13H,14-15H2,1-2H3. The number of rotatable bonds is 6. The highest BCUT2D eigenvalue weighted by atomic mass is 32.2. The Kier molecular flexibility index (Phi) is 5.41. The molecular formula is C25H21N3O3S. The Hall–Kier alpha value is -3.58. The highest BCUT2D eigenvalue weighted by Gasteiger charge is 2.17. The fourth-order valence-electron chi connectivity index (χ4n) is 3.58. The third-order valence-electron chi connectivity index (χ3n) is 5.33. The number of thioether (sulfide) groups is 1. The molecule has 0 fully saturated rings. The van der Waals surface area contributed by atoms with Gasteiger partial charge in [-0.1, -0.05) is 42.1 Å². The van der Waals surface area contributed by atoms with Crippen molar-refractivity contribution >= 4 is 22.7 Å². The van der Waals surface area contributed by atoms with E-state index in [0.29, 0.717) is 40.0 Å². The van der Waals surface area contributed by atoms with Crippen LogP contribution in [0.25, 0.3) is 22.4 Å². The van der Waals surface area contributed by atoms with Crippen LogP contribution < -0.4 is 5.56 Å². The molecule has 6 nitrogen and oxygen atoms in total. The zero-order valence-corrected chi connectivity index (χ0v) is 18.6. The number of oxazole rings is 1. The molecule has 0 atom stereocenters. The molecule has 0 aliphatic heterocycles. The van der Waals surface area contributed by atoms with Crippen LogP contribution in [0.15, 0.2) is 85.7 Å². The van der Waals surface area contributed by atoms with Gasteiger partial charge < -0.3 is 8.83 Å². The van der Waals surface area contributed by atoms with E-state index < -0.39 is 0 Å². The molecule has 0 radical (unpaired) electrons. The van der Waals surface area contributed by atoms with Crippen molar-refractivity contribution in [3.63, 3.8) is 0 Å². The summed E-state index contributed by atoms with van der Waals surface area (Å²) < 4.78 is 13.1. The Balaban J connectivity index is 1.49. The SMILES string of the molecule is Cc1ccccc1-c1nc(CSc2nc3ccccc3c(=O)n2Cc2ccco2)c(C)o1. The van der Waals surface area contributed by atoms with E-state index in [1.807, 2.05) is 68.4 Å². The predicted molar refractivity (Wildman–Crippen MR) is 125 cm³/mol. The molecule has 0 N–H and O–H groups in total. The molecule has 7 heteroatoms. The summed E-state index contributed by atoms with van der Waals surface area (Å²) in [5, 5.41) is 1.20. The molecule has 0 saturated heterocycles. The molecule has 5 aromatic rings. The van der Waals surface area contributed by atoms with Gasteiger partial charge in [-0.05, 0) is 49.7 Å². The van der Waals surface area contributed by atoms with Gasteiger partial charge in [0.25, 0.3) is 5.56 Å². The first kappa shape index (κ1) is 20.3. The number of hydrogen-bond acceptors (Lipinski definition) is 6. The molecule has 32 heavy (non-hydrogen) atoms. The van der Waals surface area contributed by atoms with Crippen LogP contribution in [0.2, 0.25) is 0 Å². The first-order valence-electron chi connectivity index (χ1n) is 10.3.